The van der Waals surface area contributed by atoms with Crippen LogP contribution in [-0.2, 0) is 9.53 Å². The molecule has 3 aromatic rings. The standard InChI is InChI=1S/C24H21N3O6S/c1-4-33-23(29)20-14(2)25-24-26(21(20)16-8-6-9-17(13-16)27(30)31)22(28)19(34-24)12-15-7-5-10-18(11-15)32-3/h5-13,21H,4H2,1-3H3/b19-12-. The topological polar surface area (TPSA) is 113 Å². The van der Waals surface area contributed by atoms with Gasteiger partial charge in [0.15, 0.2) is 4.80 Å². The van der Waals surface area contributed by atoms with E-state index in [1.807, 2.05) is 12.1 Å². The molecule has 2 heterocycles. The predicted octanol–water partition coefficient (Wildman–Crippen LogP) is 2.72. The van der Waals surface area contributed by atoms with E-state index in [1.165, 1.54) is 34.1 Å². The first-order chi connectivity index (χ1) is 16.3. The summed E-state index contributed by atoms with van der Waals surface area (Å²) in [6.07, 6.45) is 1.72. The molecule has 2 aromatic carbocycles. The third-order valence-corrected chi connectivity index (χ3v) is 6.29. The van der Waals surface area contributed by atoms with Gasteiger partial charge in [-0.15, -0.1) is 0 Å². The van der Waals surface area contributed by atoms with Crippen molar-refractivity contribution in [3.05, 3.63) is 101 Å². The lowest BCUT2D eigenvalue weighted by atomic mass is 9.95. The van der Waals surface area contributed by atoms with Crippen LogP contribution < -0.4 is 19.6 Å². The van der Waals surface area contributed by atoms with Crippen molar-refractivity contribution in [3.63, 3.8) is 0 Å². The number of nitrogens with zero attached hydrogens (tertiary/aromatic N) is 3. The second kappa shape index (κ2) is 9.44. The van der Waals surface area contributed by atoms with Crippen LogP contribution in [0.2, 0.25) is 0 Å². The zero-order valence-electron chi connectivity index (χ0n) is 18.7. The smallest absolute Gasteiger partial charge is 0.338 e. The molecule has 1 aliphatic rings. The van der Waals surface area contributed by atoms with E-state index in [-0.39, 0.29) is 23.4 Å². The Morgan fingerprint density at radius 2 is 2.03 bits per heavy atom. The maximum absolute atomic E-state index is 13.5. The van der Waals surface area contributed by atoms with Gasteiger partial charge in [-0.2, -0.15) is 0 Å². The molecule has 34 heavy (non-hydrogen) atoms. The van der Waals surface area contributed by atoms with Crippen LogP contribution in [0, 0.1) is 10.1 Å². The Balaban J connectivity index is 1.96. The molecular weight excluding hydrogens is 458 g/mol. The van der Waals surface area contributed by atoms with Gasteiger partial charge in [0.05, 0.1) is 40.5 Å². The Labute approximate surface area is 198 Å². The average Bonchev–Trinajstić information content (AvgIpc) is 3.12. The molecule has 0 bridgehead atoms. The van der Waals surface area contributed by atoms with E-state index in [4.69, 9.17) is 9.47 Å². The van der Waals surface area contributed by atoms with Gasteiger partial charge in [-0.05, 0) is 43.2 Å². The normalized spacial score (nSPS) is 15.5. The molecule has 0 saturated heterocycles. The van der Waals surface area contributed by atoms with Gasteiger partial charge in [-0.3, -0.25) is 19.5 Å². The highest BCUT2D eigenvalue weighted by molar-refractivity contribution is 7.07. The minimum atomic E-state index is -0.914. The van der Waals surface area contributed by atoms with E-state index < -0.39 is 16.9 Å². The quantitative estimate of drug-likeness (QED) is 0.305. The first kappa shape index (κ1) is 23.1. The van der Waals surface area contributed by atoms with Crippen molar-refractivity contribution in [1.29, 1.82) is 0 Å². The highest BCUT2D eigenvalue weighted by Crippen LogP contribution is 2.32. The third-order valence-electron chi connectivity index (χ3n) is 5.31. The SMILES string of the molecule is CCOC(=O)C1=C(C)N=c2s/c(=C\c3cccc(OC)c3)c(=O)n2C1c1cccc([N+](=O)[O-])c1. The number of ether oxygens (including phenoxy) is 2. The lowest BCUT2D eigenvalue weighted by Gasteiger charge is -2.24. The van der Waals surface area contributed by atoms with E-state index in [9.17, 15) is 19.7 Å². The number of nitro groups is 1. The molecule has 0 fully saturated rings. The summed E-state index contributed by atoms with van der Waals surface area (Å²) in [6, 6.07) is 12.2. The summed E-state index contributed by atoms with van der Waals surface area (Å²) in [7, 11) is 1.56. The predicted molar refractivity (Wildman–Crippen MR) is 126 cm³/mol. The molecule has 0 spiro atoms. The van der Waals surface area contributed by atoms with Crippen molar-refractivity contribution >= 4 is 29.1 Å². The number of hydrogen-bond donors (Lipinski definition) is 0. The van der Waals surface area contributed by atoms with Crippen molar-refractivity contribution < 1.29 is 19.2 Å². The fraction of sp³-hybridized carbons (Fsp3) is 0.208. The fourth-order valence-electron chi connectivity index (χ4n) is 3.80. The molecule has 1 aliphatic heterocycles. The van der Waals surface area contributed by atoms with Crippen LogP contribution in [-0.4, -0.2) is 29.2 Å². The van der Waals surface area contributed by atoms with Gasteiger partial charge in [-0.1, -0.05) is 35.6 Å². The van der Waals surface area contributed by atoms with Crippen LogP contribution in [0.15, 0.2) is 69.6 Å². The van der Waals surface area contributed by atoms with Crippen molar-refractivity contribution in [3.8, 4) is 5.75 Å². The summed E-state index contributed by atoms with van der Waals surface area (Å²) < 4.78 is 12.3. The second-order valence-corrected chi connectivity index (χ2v) is 8.44. The minimum Gasteiger partial charge on any atom is -0.497 e. The number of rotatable bonds is 6. The van der Waals surface area contributed by atoms with Crippen molar-refractivity contribution in [2.45, 2.75) is 19.9 Å². The van der Waals surface area contributed by atoms with Gasteiger partial charge in [0.2, 0.25) is 0 Å². The van der Waals surface area contributed by atoms with Crippen LogP contribution in [0.1, 0.15) is 31.0 Å². The number of esters is 1. The molecule has 0 amide bonds. The summed E-state index contributed by atoms with van der Waals surface area (Å²) in [4.78, 5) is 42.2. The van der Waals surface area contributed by atoms with Gasteiger partial charge in [0.25, 0.3) is 11.2 Å². The molecule has 0 saturated carbocycles. The number of benzene rings is 2. The fourth-order valence-corrected chi connectivity index (χ4v) is 4.84. The number of thiazole rings is 1. The highest BCUT2D eigenvalue weighted by atomic mass is 32.1. The van der Waals surface area contributed by atoms with Gasteiger partial charge in [0.1, 0.15) is 5.75 Å². The van der Waals surface area contributed by atoms with Crippen molar-refractivity contribution in [1.82, 2.24) is 4.57 Å². The number of allylic oxidation sites excluding steroid dienone is 1. The lowest BCUT2D eigenvalue weighted by Crippen LogP contribution is -2.40. The van der Waals surface area contributed by atoms with E-state index in [0.29, 0.717) is 26.3 Å². The van der Waals surface area contributed by atoms with Crippen LogP contribution in [0.4, 0.5) is 5.69 Å². The molecule has 174 valence electrons. The van der Waals surface area contributed by atoms with Gasteiger partial charge >= 0.3 is 5.97 Å². The maximum atomic E-state index is 13.5. The van der Waals surface area contributed by atoms with Gasteiger partial charge < -0.3 is 9.47 Å². The van der Waals surface area contributed by atoms with Crippen molar-refractivity contribution in [2.75, 3.05) is 13.7 Å². The van der Waals surface area contributed by atoms with Crippen LogP contribution in [0.3, 0.4) is 0 Å². The second-order valence-electron chi connectivity index (χ2n) is 7.43. The summed E-state index contributed by atoms with van der Waals surface area (Å²) in [5.74, 6) is 0.0266. The molecule has 0 radical (unpaired) electrons. The number of carbonyl (C=O) groups is 1. The number of non-ortho nitro benzene ring substituents is 1. The van der Waals surface area contributed by atoms with Gasteiger partial charge in [-0.25, -0.2) is 9.79 Å². The first-order valence-electron chi connectivity index (χ1n) is 10.4. The molecule has 4 rings (SSSR count). The Morgan fingerprint density at radius 1 is 1.26 bits per heavy atom. The van der Waals surface area contributed by atoms with Crippen LogP contribution >= 0.6 is 11.3 Å². The Bertz CT molecular complexity index is 1500. The molecular formula is C24H21N3O6S. The molecule has 1 unspecified atom stereocenters. The number of methoxy groups -OCH3 is 1. The minimum absolute atomic E-state index is 0.136. The Kier molecular flexibility index (Phi) is 6.42. The number of nitro benzene ring substituents is 1. The third kappa shape index (κ3) is 4.27. The molecule has 9 nitrogen and oxygen atoms in total. The number of aromatic nitrogens is 1. The summed E-state index contributed by atoms with van der Waals surface area (Å²) in [5, 5.41) is 11.4. The maximum Gasteiger partial charge on any atom is 0.338 e. The largest absolute Gasteiger partial charge is 0.497 e. The van der Waals surface area contributed by atoms with Gasteiger partial charge in [0, 0.05) is 12.1 Å². The Hall–Kier alpha value is -4.05. The van der Waals surface area contributed by atoms with Crippen molar-refractivity contribution in [2.24, 2.45) is 4.99 Å². The van der Waals surface area contributed by atoms with Crippen LogP contribution in [0.25, 0.3) is 6.08 Å². The summed E-state index contributed by atoms with van der Waals surface area (Å²) in [6.45, 7) is 3.48. The van der Waals surface area contributed by atoms with E-state index in [1.54, 1.807) is 45.2 Å². The lowest BCUT2D eigenvalue weighted by molar-refractivity contribution is -0.384. The van der Waals surface area contributed by atoms with E-state index >= 15 is 0 Å². The zero-order valence-corrected chi connectivity index (χ0v) is 19.5. The summed E-state index contributed by atoms with van der Waals surface area (Å²) in [5.41, 5.74) is 1.23. The first-order valence-corrected chi connectivity index (χ1v) is 11.2. The average molecular weight is 480 g/mol. The molecule has 0 N–H and O–H groups in total. The summed E-state index contributed by atoms with van der Waals surface area (Å²) >= 11 is 1.18. The molecule has 0 aliphatic carbocycles. The molecule has 10 heteroatoms. The Morgan fingerprint density at radius 3 is 2.74 bits per heavy atom. The molecule has 1 atom stereocenters. The number of hydrogen-bond acceptors (Lipinski definition) is 8. The molecule has 1 aromatic heterocycles. The van der Waals surface area contributed by atoms with E-state index in [0.717, 1.165) is 5.56 Å². The number of fused-ring (bicyclic) bond motifs is 1. The highest BCUT2D eigenvalue weighted by Gasteiger charge is 2.34. The van der Waals surface area contributed by atoms with E-state index in [2.05, 4.69) is 4.99 Å². The number of carbonyl (C=O) groups excluding carboxylic acids is 1. The van der Waals surface area contributed by atoms with Crippen LogP contribution in [0.5, 0.6) is 5.75 Å². The zero-order chi connectivity index (χ0) is 24.4. The monoisotopic (exact) mass is 479 g/mol.